The zero-order valence-electron chi connectivity index (χ0n) is 17.1. The summed E-state index contributed by atoms with van der Waals surface area (Å²) in [6, 6.07) is 15.7. The van der Waals surface area contributed by atoms with Gasteiger partial charge in [-0.05, 0) is 48.9 Å². The number of carbonyl (C=O) groups excluding carboxylic acids is 2. The van der Waals surface area contributed by atoms with Crippen molar-refractivity contribution in [2.45, 2.75) is 51.1 Å². The van der Waals surface area contributed by atoms with Crippen LogP contribution in [0.3, 0.4) is 0 Å². The van der Waals surface area contributed by atoms with Crippen LogP contribution in [0.25, 0.3) is 0 Å². The van der Waals surface area contributed by atoms with Crippen LogP contribution in [0.2, 0.25) is 0 Å². The summed E-state index contributed by atoms with van der Waals surface area (Å²) in [7, 11) is 0. The molecule has 2 aliphatic rings. The number of carbonyl (C=O) groups is 2. The van der Waals surface area contributed by atoms with Gasteiger partial charge in [-0.15, -0.1) is 0 Å². The van der Waals surface area contributed by atoms with Crippen molar-refractivity contribution >= 4 is 17.5 Å². The number of hydrogen-bond acceptors (Lipinski definition) is 3. The Bertz CT molecular complexity index is 883. The second-order valence-corrected chi connectivity index (χ2v) is 8.41. The molecule has 3 N–H and O–H groups in total. The minimum absolute atomic E-state index is 0.0221. The van der Waals surface area contributed by atoms with E-state index in [4.69, 9.17) is 0 Å². The van der Waals surface area contributed by atoms with E-state index in [-0.39, 0.29) is 29.8 Å². The van der Waals surface area contributed by atoms with E-state index in [1.807, 2.05) is 24.3 Å². The molecule has 2 unspecified atom stereocenters. The highest BCUT2D eigenvalue weighted by Gasteiger charge is 2.32. The van der Waals surface area contributed by atoms with E-state index < -0.39 is 0 Å². The van der Waals surface area contributed by atoms with Crippen molar-refractivity contribution in [3.63, 3.8) is 0 Å². The average Bonchev–Trinajstić information content (AvgIpc) is 3.50. The second kappa shape index (κ2) is 8.37. The van der Waals surface area contributed by atoms with Crippen molar-refractivity contribution < 1.29 is 9.59 Å². The fourth-order valence-electron chi connectivity index (χ4n) is 3.61. The molecule has 4 rings (SSSR count). The van der Waals surface area contributed by atoms with E-state index in [0.717, 1.165) is 42.6 Å². The van der Waals surface area contributed by atoms with Crippen molar-refractivity contribution in [1.29, 1.82) is 0 Å². The number of amides is 2. The number of hydrogen-bond donors (Lipinski definition) is 3. The molecule has 2 atom stereocenters. The van der Waals surface area contributed by atoms with Gasteiger partial charge in [0.2, 0.25) is 11.8 Å². The standard InChI is InChI=1S/C24H29N3O2/c1-15(2)16-7-9-17(10-8-16)22(27-23(28)18-11-12-18)19-5-3-4-6-20(19)26-24(29)21-13-14-25-21/h3-10,15,18,21-22,25H,11-14H2,1-2H3,(H,26,29)(H,27,28). The lowest BCUT2D eigenvalue weighted by Crippen LogP contribution is -2.51. The normalized spacial score (nSPS) is 19.3. The van der Waals surface area contributed by atoms with E-state index >= 15 is 0 Å². The van der Waals surface area contributed by atoms with Crippen LogP contribution in [0, 0.1) is 5.92 Å². The number of nitrogens with one attached hydrogen (secondary N) is 3. The number of para-hydroxylation sites is 1. The molecule has 1 saturated heterocycles. The van der Waals surface area contributed by atoms with Crippen LogP contribution in [0.1, 0.15) is 61.8 Å². The van der Waals surface area contributed by atoms with Crippen molar-refractivity contribution in [2.75, 3.05) is 11.9 Å². The van der Waals surface area contributed by atoms with Gasteiger partial charge in [0.15, 0.2) is 0 Å². The van der Waals surface area contributed by atoms with Crippen LogP contribution in [0.5, 0.6) is 0 Å². The molecular weight excluding hydrogens is 362 g/mol. The van der Waals surface area contributed by atoms with Crippen LogP contribution in [0.15, 0.2) is 48.5 Å². The first-order valence-corrected chi connectivity index (χ1v) is 10.6. The Balaban J connectivity index is 1.65. The summed E-state index contributed by atoms with van der Waals surface area (Å²) in [6.45, 7) is 5.21. The van der Waals surface area contributed by atoms with Gasteiger partial charge >= 0.3 is 0 Å². The summed E-state index contributed by atoms with van der Waals surface area (Å²) in [4.78, 5) is 25.1. The Labute approximate surface area is 172 Å². The van der Waals surface area contributed by atoms with E-state index in [9.17, 15) is 9.59 Å². The molecule has 1 heterocycles. The first-order chi connectivity index (χ1) is 14.0. The highest BCUT2D eigenvalue weighted by molar-refractivity contribution is 5.96. The van der Waals surface area contributed by atoms with Gasteiger partial charge in [-0.25, -0.2) is 0 Å². The van der Waals surface area contributed by atoms with Gasteiger partial charge in [-0.3, -0.25) is 9.59 Å². The number of anilines is 1. The molecule has 2 amide bonds. The van der Waals surface area contributed by atoms with Crippen molar-refractivity contribution in [3.8, 4) is 0 Å². The Morgan fingerprint density at radius 2 is 1.59 bits per heavy atom. The number of benzene rings is 2. The predicted octanol–water partition coefficient (Wildman–Crippen LogP) is 3.73. The summed E-state index contributed by atoms with van der Waals surface area (Å²) >= 11 is 0. The third-order valence-electron chi connectivity index (χ3n) is 5.84. The van der Waals surface area contributed by atoms with Crippen LogP contribution in [0.4, 0.5) is 5.69 Å². The summed E-state index contributed by atoms with van der Waals surface area (Å²) in [5.41, 5.74) is 3.94. The van der Waals surface area contributed by atoms with Gasteiger partial charge in [0, 0.05) is 17.2 Å². The highest BCUT2D eigenvalue weighted by atomic mass is 16.2. The van der Waals surface area contributed by atoms with Gasteiger partial charge in [-0.1, -0.05) is 56.3 Å². The molecule has 5 nitrogen and oxygen atoms in total. The molecule has 0 spiro atoms. The van der Waals surface area contributed by atoms with Gasteiger partial charge in [-0.2, -0.15) is 0 Å². The van der Waals surface area contributed by atoms with Crippen LogP contribution < -0.4 is 16.0 Å². The third-order valence-corrected chi connectivity index (χ3v) is 5.84. The first-order valence-electron chi connectivity index (χ1n) is 10.6. The smallest absolute Gasteiger partial charge is 0.241 e. The summed E-state index contributed by atoms with van der Waals surface area (Å²) < 4.78 is 0. The van der Waals surface area contributed by atoms with Crippen molar-refractivity contribution in [1.82, 2.24) is 10.6 Å². The molecule has 1 aliphatic carbocycles. The van der Waals surface area contributed by atoms with E-state index in [2.05, 4.69) is 54.1 Å². The van der Waals surface area contributed by atoms with E-state index in [1.165, 1.54) is 5.56 Å². The Kier molecular flexibility index (Phi) is 5.67. The maximum atomic E-state index is 12.6. The van der Waals surface area contributed by atoms with Gasteiger partial charge in [0.05, 0.1) is 12.1 Å². The summed E-state index contributed by atoms with van der Waals surface area (Å²) in [5, 5.41) is 9.42. The summed E-state index contributed by atoms with van der Waals surface area (Å²) in [5.74, 6) is 0.634. The molecule has 2 aromatic rings. The SMILES string of the molecule is CC(C)c1ccc(C(NC(=O)C2CC2)c2ccccc2NC(=O)C2CCN2)cc1. The lowest BCUT2D eigenvalue weighted by molar-refractivity contribution is -0.122. The van der Waals surface area contributed by atoms with Gasteiger partial charge in [0.25, 0.3) is 0 Å². The second-order valence-electron chi connectivity index (χ2n) is 8.41. The summed E-state index contributed by atoms with van der Waals surface area (Å²) in [6.07, 6.45) is 2.76. The van der Waals surface area contributed by atoms with Crippen LogP contribution in [-0.4, -0.2) is 24.4 Å². The Morgan fingerprint density at radius 3 is 2.17 bits per heavy atom. The first kappa shape index (κ1) is 19.6. The third kappa shape index (κ3) is 4.51. The minimum atomic E-state index is -0.296. The lowest BCUT2D eigenvalue weighted by Gasteiger charge is -2.28. The lowest BCUT2D eigenvalue weighted by atomic mass is 9.93. The van der Waals surface area contributed by atoms with Crippen LogP contribution in [-0.2, 0) is 9.59 Å². The maximum Gasteiger partial charge on any atom is 0.241 e. The van der Waals surface area contributed by atoms with Crippen molar-refractivity contribution in [2.24, 2.45) is 5.92 Å². The minimum Gasteiger partial charge on any atom is -0.345 e. The quantitative estimate of drug-likeness (QED) is 0.674. The van der Waals surface area contributed by atoms with E-state index in [0.29, 0.717) is 5.92 Å². The maximum absolute atomic E-state index is 12.6. The van der Waals surface area contributed by atoms with Crippen molar-refractivity contribution in [3.05, 3.63) is 65.2 Å². The molecule has 2 fully saturated rings. The molecule has 1 aliphatic heterocycles. The Hall–Kier alpha value is -2.66. The molecule has 0 bridgehead atoms. The Morgan fingerprint density at radius 1 is 0.931 bits per heavy atom. The average molecular weight is 392 g/mol. The molecule has 0 radical (unpaired) electrons. The molecule has 5 heteroatoms. The zero-order chi connectivity index (χ0) is 20.4. The topological polar surface area (TPSA) is 70.2 Å². The predicted molar refractivity (Wildman–Crippen MR) is 115 cm³/mol. The molecule has 0 aromatic heterocycles. The number of rotatable bonds is 7. The molecule has 29 heavy (non-hydrogen) atoms. The largest absolute Gasteiger partial charge is 0.345 e. The van der Waals surface area contributed by atoms with E-state index in [1.54, 1.807) is 0 Å². The van der Waals surface area contributed by atoms with Gasteiger partial charge in [0.1, 0.15) is 0 Å². The van der Waals surface area contributed by atoms with Crippen LogP contribution >= 0.6 is 0 Å². The fourth-order valence-corrected chi connectivity index (χ4v) is 3.61. The molecule has 152 valence electrons. The molecular formula is C24H29N3O2. The zero-order valence-corrected chi connectivity index (χ0v) is 17.1. The molecule has 2 aromatic carbocycles. The monoisotopic (exact) mass is 391 g/mol. The fraction of sp³-hybridized carbons (Fsp3) is 0.417. The van der Waals surface area contributed by atoms with Gasteiger partial charge < -0.3 is 16.0 Å². The molecule has 1 saturated carbocycles. The highest BCUT2D eigenvalue weighted by Crippen LogP contribution is 2.33.